The van der Waals surface area contributed by atoms with Gasteiger partial charge in [-0.2, -0.15) is 0 Å². The first-order chi connectivity index (χ1) is 10.5. The maximum absolute atomic E-state index is 12.4. The minimum Gasteiger partial charge on any atom is -0.308 e. The van der Waals surface area contributed by atoms with Crippen molar-refractivity contribution in [3.63, 3.8) is 0 Å². The van der Waals surface area contributed by atoms with Crippen LogP contribution < -0.4 is 5.32 Å². The lowest BCUT2D eigenvalue weighted by Crippen LogP contribution is -2.42. The quantitative estimate of drug-likeness (QED) is 0.362. The van der Waals surface area contributed by atoms with Gasteiger partial charge in [0.05, 0.1) is 13.1 Å². The number of carbonyl (C=O) groups excluding carboxylic acids is 4. The summed E-state index contributed by atoms with van der Waals surface area (Å²) in [7, 11) is 0. The molecule has 1 atom stereocenters. The van der Waals surface area contributed by atoms with Crippen molar-refractivity contribution in [1.82, 2.24) is 18.2 Å². The Labute approximate surface area is 142 Å². The predicted molar refractivity (Wildman–Crippen MR) is 85.7 cm³/mol. The van der Waals surface area contributed by atoms with Crippen LogP contribution >= 0.6 is 22.9 Å². The molecule has 0 bridgehead atoms. The first-order valence-corrected chi connectivity index (χ1v) is 8.20. The molecule has 1 unspecified atom stereocenters. The van der Waals surface area contributed by atoms with E-state index >= 15 is 0 Å². The molecular weight excluding hydrogens is 403 g/mol. The molecule has 1 N–H and O–H groups in total. The Morgan fingerprint density at radius 3 is 2.82 bits per heavy atom. The zero-order valence-electron chi connectivity index (χ0n) is 12.2. The summed E-state index contributed by atoms with van der Waals surface area (Å²) in [5.41, 5.74) is 0. The molecule has 0 aliphatic carbocycles. The van der Waals surface area contributed by atoms with Crippen molar-refractivity contribution >= 4 is 47.0 Å². The van der Waals surface area contributed by atoms with Gasteiger partial charge in [-0.15, -0.1) is 0 Å². The van der Waals surface area contributed by atoms with Gasteiger partial charge >= 0.3 is 0 Å². The van der Waals surface area contributed by atoms with Gasteiger partial charge in [0.2, 0.25) is 24.1 Å². The molecule has 0 spiro atoms. The van der Waals surface area contributed by atoms with Gasteiger partial charge in [0.15, 0.2) is 0 Å². The van der Waals surface area contributed by atoms with Crippen LogP contribution in [0.3, 0.4) is 0 Å². The lowest BCUT2D eigenvalue weighted by atomic mass is 10.1. The molecular formula is C13H19IN4O4. The number of nitrogens with zero attached hydrogens (tertiary/aromatic N) is 3. The summed E-state index contributed by atoms with van der Waals surface area (Å²) in [6.45, 7) is 1.72. The summed E-state index contributed by atoms with van der Waals surface area (Å²) in [5, 5.41) is 2.98. The molecule has 2 rings (SSSR count). The van der Waals surface area contributed by atoms with Crippen LogP contribution in [-0.4, -0.2) is 75.8 Å². The van der Waals surface area contributed by atoms with E-state index in [-0.39, 0.29) is 43.3 Å². The molecule has 0 aromatic rings. The number of rotatable bonds is 3. The van der Waals surface area contributed by atoms with E-state index in [0.717, 1.165) is 17.9 Å². The lowest BCUT2D eigenvalue weighted by Gasteiger charge is -2.25. The smallest absolute Gasteiger partial charge is 0.243 e. The number of nitrogens with one attached hydrogen (secondary N) is 1. The second-order valence-electron chi connectivity index (χ2n) is 5.37. The number of hydrogen-bond acceptors (Lipinski definition) is 6. The van der Waals surface area contributed by atoms with E-state index in [0.29, 0.717) is 25.9 Å². The lowest BCUT2D eigenvalue weighted by molar-refractivity contribution is -0.144. The van der Waals surface area contributed by atoms with Crippen molar-refractivity contribution in [2.45, 2.75) is 25.3 Å². The monoisotopic (exact) mass is 422 g/mol. The highest BCUT2D eigenvalue weighted by Crippen LogP contribution is 2.19. The summed E-state index contributed by atoms with van der Waals surface area (Å²) < 4.78 is 1.75. The summed E-state index contributed by atoms with van der Waals surface area (Å²) >= 11 is 2.00. The number of halogens is 1. The predicted octanol–water partition coefficient (Wildman–Crippen LogP) is -0.866. The molecule has 4 amide bonds. The van der Waals surface area contributed by atoms with Gasteiger partial charge in [0.25, 0.3) is 0 Å². The van der Waals surface area contributed by atoms with Crippen LogP contribution in [-0.2, 0) is 19.2 Å². The average molecular weight is 422 g/mol. The van der Waals surface area contributed by atoms with Crippen LogP contribution in [0.25, 0.3) is 0 Å². The molecule has 0 saturated carbocycles. The van der Waals surface area contributed by atoms with Crippen LogP contribution in [0, 0.1) is 0 Å². The Balaban J connectivity index is 1.99. The van der Waals surface area contributed by atoms with E-state index in [1.165, 1.54) is 4.90 Å². The van der Waals surface area contributed by atoms with Crippen LogP contribution in [0.5, 0.6) is 0 Å². The number of amides is 4. The van der Waals surface area contributed by atoms with Crippen LogP contribution in [0.2, 0.25) is 0 Å². The zero-order chi connectivity index (χ0) is 16.1. The summed E-state index contributed by atoms with van der Waals surface area (Å²) in [4.78, 5) is 49.4. The molecule has 122 valence electrons. The largest absolute Gasteiger partial charge is 0.308 e. The molecule has 0 aromatic heterocycles. The van der Waals surface area contributed by atoms with Gasteiger partial charge in [0.1, 0.15) is 0 Å². The highest BCUT2D eigenvalue weighted by molar-refractivity contribution is 14.1. The van der Waals surface area contributed by atoms with Crippen molar-refractivity contribution in [3.05, 3.63) is 0 Å². The number of carbonyl (C=O) groups is 4. The minimum absolute atomic E-state index is 0.0900. The normalized spacial score (nSPS) is 24.9. The Morgan fingerprint density at radius 1 is 1.32 bits per heavy atom. The summed E-state index contributed by atoms with van der Waals surface area (Å²) in [5.74, 6) is -0.691. The Kier molecular flexibility index (Phi) is 6.26. The SMILES string of the molecule is O=CN1CCC(CC(=O)N2CCCNCC2=O)N(I)CC1=O. The van der Waals surface area contributed by atoms with Crippen molar-refractivity contribution in [1.29, 1.82) is 0 Å². The molecule has 22 heavy (non-hydrogen) atoms. The average Bonchev–Trinajstić information content (AvgIpc) is 2.77. The Hall–Kier alpha value is -1.07. The van der Waals surface area contributed by atoms with E-state index in [2.05, 4.69) is 5.32 Å². The van der Waals surface area contributed by atoms with E-state index < -0.39 is 0 Å². The molecule has 2 heterocycles. The van der Waals surface area contributed by atoms with Crippen molar-refractivity contribution in [3.8, 4) is 0 Å². The van der Waals surface area contributed by atoms with Gasteiger partial charge in [-0.3, -0.25) is 29.0 Å². The Bertz CT molecular complexity index is 473. The van der Waals surface area contributed by atoms with Crippen molar-refractivity contribution in [2.75, 3.05) is 32.7 Å². The maximum atomic E-state index is 12.4. The maximum Gasteiger partial charge on any atom is 0.243 e. The van der Waals surface area contributed by atoms with Gasteiger partial charge in [-0.25, -0.2) is 3.11 Å². The topological polar surface area (TPSA) is 90.0 Å². The molecule has 2 aliphatic heterocycles. The van der Waals surface area contributed by atoms with Crippen LogP contribution in [0.4, 0.5) is 0 Å². The fraction of sp³-hybridized carbons (Fsp3) is 0.692. The number of hydrogen-bond donors (Lipinski definition) is 1. The zero-order valence-corrected chi connectivity index (χ0v) is 14.3. The van der Waals surface area contributed by atoms with Gasteiger partial charge < -0.3 is 5.32 Å². The molecule has 9 heteroatoms. The van der Waals surface area contributed by atoms with E-state index in [9.17, 15) is 19.2 Å². The summed E-state index contributed by atoms with van der Waals surface area (Å²) in [6.07, 6.45) is 1.97. The highest BCUT2D eigenvalue weighted by atomic mass is 127. The van der Waals surface area contributed by atoms with Gasteiger partial charge in [-0.05, 0) is 19.4 Å². The van der Waals surface area contributed by atoms with Gasteiger partial charge in [0, 0.05) is 48.4 Å². The van der Waals surface area contributed by atoms with E-state index in [4.69, 9.17) is 0 Å². The fourth-order valence-electron chi connectivity index (χ4n) is 2.57. The van der Waals surface area contributed by atoms with Crippen LogP contribution in [0.15, 0.2) is 0 Å². The molecule has 2 aliphatic rings. The number of imide groups is 2. The molecule has 0 radical (unpaired) electrons. The second-order valence-corrected chi connectivity index (χ2v) is 6.61. The molecule has 8 nitrogen and oxygen atoms in total. The third-order valence-electron chi connectivity index (χ3n) is 3.86. The second kappa shape index (κ2) is 7.97. The third-order valence-corrected chi connectivity index (χ3v) is 4.99. The summed E-state index contributed by atoms with van der Waals surface area (Å²) in [6, 6.07) is -0.161. The first kappa shape index (κ1) is 17.3. The third kappa shape index (κ3) is 4.23. The first-order valence-electron chi connectivity index (χ1n) is 7.24. The van der Waals surface area contributed by atoms with Crippen LogP contribution in [0.1, 0.15) is 19.3 Å². The fourth-order valence-corrected chi connectivity index (χ4v) is 3.34. The van der Waals surface area contributed by atoms with Gasteiger partial charge in [-0.1, -0.05) is 0 Å². The van der Waals surface area contributed by atoms with E-state index in [1.54, 1.807) is 3.11 Å². The van der Waals surface area contributed by atoms with Crippen molar-refractivity contribution in [2.24, 2.45) is 0 Å². The molecule has 2 saturated heterocycles. The molecule has 0 aromatic carbocycles. The van der Waals surface area contributed by atoms with E-state index in [1.807, 2.05) is 22.9 Å². The standard InChI is InChI=1S/C13H19IN4O4/c14-18-8-13(22)16(9-19)5-2-10(18)6-11(20)17-4-1-3-15-7-12(17)21/h9-10,15H,1-8H2. The van der Waals surface area contributed by atoms with Crippen molar-refractivity contribution < 1.29 is 19.2 Å². The minimum atomic E-state index is -0.269. The molecule has 2 fully saturated rings. The Morgan fingerprint density at radius 2 is 2.09 bits per heavy atom. The highest BCUT2D eigenvalue weighted by Gasteiger charge is 2.31.